The van der Waals surface area contributed by atoms with Crippen LogP contribution in [0.15, 0.2) is 42.6 Å². The van der Waals surface area contributed by atoms with E-state index < -0.39 is 6.36 Å². The van der Waals surface area contributed by atoms with Gasteiger partial charge in [-0.1, -0.05) is 23.7 Å². The van der Waals surface area contributed by atoms with E-state index in [2.05, 4.69) is 9.72 Å². The first-order valence-electron chi connectivity index (χ1n) is 4.92. The molecule has 0 bridgehead atoms. The second-order valence-corrected chi connectivity index (χ2v) is 3.87. The molecule has 0 saturated carbocycles. The van der Waals surface area contributed by atoms with Crippen molar-refractivity contribution in [2.24, 2.45) is 0 Å². The molecule has 0 fully saturated rings. The Morgan fingerprint density at radius 3 is 2.56 bits per heavy atom. The summed E-state index contributed by atoms with van der Waals surface area (Å²) in [5, 5.41) is 0.460. The fourth-order valence-corrected chi connectivity index (χ4v) is 1.57. The third-order valence-corrected chi connectivity index (χ3v) is 2.32. The summed E-state index contributed by atoms with van der Waals surface area (Å²) < 4.78 is 40.1. The summed E-state index contributed by atoms with van der Waals surface area (Å²) >= 11 is 5.79. The quantitative estimate of drug-likeness (QED) is 0.814. The second kappa shape index (κ2) is 4.86. The van der Waals surface area contributed by atoms with Gasteiger partial charge in [-0.15, -0.1) is 13.2 Å². The van der Waals surface area contributed by atoms with Gasteiger partial charge >= 0.3 is 6.36 Å². The van der Waals surface area contributed by atoms with Crippen LogP contribution in [-0.2, 0) is 0 Å². The molecule has 0 aliphatic carbocycles. The number of halogens is 4. The van der Waals surface area contributed by atoms with Crippen molar-refractivity contribution in [3.8, 4) is 17.0 Å². The molecule has 0 radical (unpaired) electrons. The number of ether oxygens (including phenoxy) is 1. The Kier molecular flexibility index (Phi) is 3.43. The molecule has 18 heavy (non-hydrogen) atoms. The average molecular weight is 274 g/mol. The fourth-order valence-electron chi connectivity index (χ4n) is 1.42. The maximum Gasteiger partial charge on any atom is 0.573 e. The number of aromatic nitrogens is 1. The Labute approximate surface area is 106 Å². The van der Waals surface area contributed by atoms with Crippen LogP contribution in [0.2, 0.25) is 5.02 Å². The Balaban J connectivity index is 2.33. The highest BCUT2D eigenvalue weighted by Crippen LogP contribution is 2.27. The minimum Gasteiger partial charge on any atom is -0.406 e. The van der Waals surface area contributed by atoms with Gasteiger partial charge in [-0.05, 0) is 24.3 Å². The first kappa shape index (κ1) is 12.7. The van der Waals surface area contributed by atoms with E-state index >= 15 is 0 Å². The third kappa shape index (κ3) is 3.37. The molecule has 0 aliphatic rings. The summed E-state index contributed by atoms with van der Waals surface area (Å²) in [6.45, 7) is 0. The Bertz CT molecular complexity index is 557. The number of nitrogens with zero attached hydrogens (tertiary/aromatic N) is 1. The van der Waals surface area contributed by atoms with Crippen LogP contribution in [0.3, 0.4) is 0 Å². The van der Waals surface area contributed by atoms with E-state index in [0.717, 1.165) is 0 Å². The number of hydrogen-bond acceptors (Lipinski definition) is 2. The van der Waals surface area contributed by atoms with Crippen molar-refractivity contribution in [2.45, 2.75) is 6.36 Å². The van der Waals surface area contributed by atoms with Crippen LogP contribution < -0.4 is 4.74 Å². The molecule has 6 heteroatoms. The van der Waals surface area contributed by atoms with Gasteiger partial charge < -0.3 is 4.74 Å². The van der Waals surface area contributed by atoms with Crippen molar-refractivity contribution in [3.05, 3.63) is 47.6 Å². The lowest BCUT2D eigenvalue weighted by molar-refractivity contribution is -0.274. The predicted molar refractivity (Wildman–Crippen MR) is 61.4 cm³/mol. The summed E-state index contributed by atoms with van der Waals surface area (Å²) in [6, 6.07) is 8.71. The smallest absolute Gasteiger partial charge is 0.406 e. The molecule has 2 aromatic rings. The summed E-state index contributed by atoms with van der Waals surface area (Å²) in [5.74, 6) is -0.290. The topological polar surface area (TPSA) is 22.1 Å². The summed E-state index contributed by atoms with van der Waals surface area (Å²) in [4.78, 5) is 4.03. The monoisotopic (exact) mass is 273 g/mol. The highest BCUT2D eigenvalue weighted by atomic mass is 35.5. The molecule has 1 heterocycles. The zero-order chi connectivity index (χ0) is 13.2. The van der Waals surface area contributed by atoms with Crippen LogP contribution in [0.1, 0.15) is 0 Å². The lowest BCUT2D eigenvalue weighted by Crippen LogP contribution is -2.17. The van der Waals surface area contributed by atoms with E-state index in [1.807, 2.05) is 0 Å². The molecule has 0 aliphatic heterocycles. The van der Waals surface area contributed by atoms with E-state index in [1.165, 1.54) is 24.4 Å². The molecule has 2 rings (SSSR count). The first-order valence-corrected chi connectivity index (χ1v) is 5.29. The van der Waals surface area contributed by atoms with Crippen LogP contribution >= 0.6 is 11.6 Å². The average Bonchev–Trinajstić information content (AvgIpc) is 2.27. The van der Waals surface area contributed by atoms with Crippen molar-refractivity contribution in [1.29, 1.82) is 0 Å². The molecule has 0 spiro atoms. The Morgan fingerprint density at radius 1 is 1.11 bits per heavy atom. The van der Waals surface area contributed by atoms with Gasteiger partial charge in [0.2, 0.25) is 0 Å². The normalized spacial score (nSPS) is 11.3. The van der Waals surface area contributed by atoms with E-state index in [0.29, 0.717) is 16.3 Å². The van der Waals surface area contributed by atoms with Crippen LogP contribution in [0, 0.1) is 0 Å². The predicted octanol–water partition coefficient (Wildman–Crippen LogP) is 4.30. The van der Waals surface area contributed by atoms with Crippen LogP contribution in [0.4, 0.5) is 13.2 Å². The SMILES string of the molecule is FC(F)(F)Oc1cccc(-c2cc(Cl)ccn2)c1. The molecule has 1 aromatic heterocycles. The molecule has 94 valence electrons. The van der Waals surface area contributed by atoms with Crippen molar-refractivity contribution in [2.75, 3.05) is 0 Å². The number of hydrogen-bond donors (Lipinski definition) is 0. The maximum atomic E-state index is 12.1. The molecule has 2 nitrogen and oxygen atoms in total. The largest absolute Gasteiger partial charge is 0.573 e. The van der Waals surface area contributed by atoms with Crippen LogP contribution in [-0.4, -0.2) is 11.3 Å². The van der Waals surface area contributed by atoms with Crippen LogP contribution in [0.25, 0.3) is 11.3 Å². The van der Waals surface area contributed by atoms with Gasteiger partial charge in [0.1, 0.15) is 5.75 Å². The molecular formula is C12H7ClF3NO. The van der Waals surface area contributed by atoms with Crippen molar-refractivity contribution in [3.63, 3.8) is 0 Å². The highest BCUT2D eigenvalue weighted by molar-refractivity contribution is 6.30. The van der Waals surface area contributed by atoms with Gasteiger partial charge in [-0.25, -0.2) is 0 Å². The van der Waals surface area contributed by atoms with Crippen LogP contribution in [0.5, 0.6) is 5.75 Å². The second-order valence-electron chi connectivity index (χ2n) is 3.43. The zero-order valence-electron chi connectivity index (χ0n) is 8.91. The number of alkyl halides is 3. The van der Waals surface area contributed by atoms with Gasteiger partial charge in [-0.3, -0.25) is 4.98 Å². The van der Waals surface area contributed by atoms with Gasteiger partial charge in [-0.2, -0.15) is 0 Å². The zero-order valence-corrected chi connectivity index (χ0v) is 9.66. The maximum absolute atomic E-state index is 12.1. The molecule has 1 aromatic carbocycles. The summed E-state index contributed by atoms with van der Waals surface area (Å²) in [6.07, 6.45) is -3.23. The number of pyridine rings is 1. The van der Waals surface area contributed by atoms with Gasteiger partial charge in [0.15, 0.2) is 0 Å². The molecule has 0 amide bonds. The first-order chi connectivity index (χ1) is 8.44. The third-order valence-electron chi connectivity index (χ3n) is 2.09. The molecule has 0 unspecified atom stereocenters. The highest BCUT2D eigenvalue weighted by Gasteiger charge is 2.31. The summed E-state index contributed by atoms with van der Waals surface area (Å²) in [5.41, 5.74) is 0.981. The minimum absolute atomic E-state index is 0.290. The standard InChI is InChI=1S/C12H7ClF3NO/c13-9-4-5-17-11(7-9)8-2-1-3-10(6-8)18-12(14,15)16/h1-7H. The Hall–Kier alpha value is -1.75. The fraction of sp³-hybridized carbons (Fsp3) is 0.0833. The molecule has 0 saturated heterocycles. The van der Waals surface area contributed by atoms with E-state index in [4.69, 9.17) is 11.6 Å². The van der Waals surface area contributed by atoms with Crippen molar-refractivity contribution < 1.29 is 17.9 Å². The van der Waals surface area contributed by atoms with Crippen molar-refractivity contribution in [1.82, 2.24) is 4.98 Å². The number of rotatable bonds is 2. The lowest BCUT2D eigenvalue weighted by Gasteiger charge is -2.09. The lowest BCUT2D eigenvalue weighted by atomic mass is 10.1. The van der Waals surface area contributed by atoms with Crippen molar-refractivity contribution >= 4 is 11.6 Å². The number of benzene rings is 1. The van der Waals surface area contributed by atoms with E-state index in [1.54, 1.807) is 18.2 Å². The van der Waals surface area contributed by atoms with E-state index in [-0.39, 0.29) is 5.75 Å². The van der Waals surface area contributed by atoms with E-state index in [9.17, 15) is 13.2 Å². The molecular weight excluding hydrogens is 267 g/mol. The molecule has 0 atom stereocenters. The van der Waals surface area contributed by atoms with Gasteiger partial charge in [0.25, 0.3) is 0 Å². The van der Waals surface area contributed by atoms with Gasteiger partial charge in [0.05, 0.1) is 5.69 Å². The Morgan fingerprint density at radius 2 is 1.89 bits per heavy atom. The minimum atomic E-state index is -4.71. The molecule has 0 N–H and O–H groups in total. The van der Waals surface area contributed by atoms with Gasteiger partial charge in [0, 0.05) is 16.8 Å². The summed E-state index contributed by atoms with van der Waals surface area (Å²) in [7, 11) is 0.